The number of carbonyl (C=O) groups is 2. The molecule has 0 aliphatic carbocycles. The molecule has 4 aromatic carbocycles. The third-order valence-electron chi connectivity index (χ3n) is 4.44. The van der Waals surface area contributed by atoms with E-state index in [1.165, 1.54) is 0 Å². The normalized spacial score (nSPS) is 10.4. The monoisotopic (exact) mass is 398 g/mol. The molecule has 0 unspecified atom stereocenters. The number of hydrogen-bond donors (Lipinski definition) is 3. The molecule has 0 saturated heterocycles. The number of aromatic hydroxyl groups is 1. The van der Waals surface area contributed by atoms with Crippen molar-refractivity contribution >= 4 is 34.0 Å². The number of phenols is 1. The average Bonchev–Trinajstić information content (AvgIpc) is 2.76. The molecule has 0 aliphatic heterocycles. The van der Waals surface area contributed by atoms with Crippen molar-refractivity contribution in [3.05, 3.63) is 91.0 Å². The van der Waals surface area contributed by atoms with Crippen molar-refractivity contribution in [3.8, 4) is 17.2 Å². The van der Waals surface area contributed by atoms with Crippen molar-refractivity contribution in [1.82, 2.24) is 0 Å². The maximum atomic E-state index is 12.3. The Balaban J connectivity index is 1.42. The minimum absolute atomic E-state index is 0.103. The molecule has 6 heteroatoms. The highest BCUT2D eigenvalue weighted by Crippen LogP contribution is 2.29. The summed E-state index contributed by atoms with van der Waals surface area (Å²) in [7, 11) is 0. The molecule has 148 valence electrons. The fourth-order valence-electron chi connectivity index (χ4n) is 3.00. The Bertz CT molecular complexity index is 1210. The van der Waals surface area contributed by atoms with Gasteiger partial charge in [-0.15, -0.1) is 0 Å². The first-order chi connectivity index (χ1) is 14.6. The lowest BCUT2D eigenvalue weighted by molar-refractivity contribution is -0.132. The maximum absolute atomic E-state index is 12.3. The van der Waals surface area contributed by atoms with Gasteiger partial charge in [-0.3, -0.25) is 9.59 Å². The topological polar surface area (TPSA) is 87.7 Å². The third kappa shape index (κ3) is 4.23. The predicted octanol–water partition coefficient (Wildman–Crippen LogP) is 4.91. The lowest BCUT2D eigenvalue weighted by atomic mass is 10.1. The van der Waals surface area contributed by atoms with Crippen molar-refractivity contribution < 1.29 is 19.4 Å². The van der Waals surface area contributed by atoms with Crippen molar-refractivity contribution in [2.75, 3.05) is 10.6 Å². The van der Waals surface area contributed by atoms with E-state index in [1.54, 1.807) is 60.7 Å². The number of fused-ring (bicyclic) bond motifs is 1. The number of ether oxygens (including phenoxy) is 1. The van der Waals surface area contributed by atoms with Crippen molar-refractivity contribution in [2.45, 2.75) is 0 Å². The molecule has 0 aliphatic rings. The van der Waals surface area contributed by atoms with E-state index in [9.17, 15) is 14.7 Å². The van der Waals surface area contributed by atoms with Crippen molar-refractivity contribution in [1.29, 1.82) is 0 Å². The summed E-state index contributed by atoms with van der Waals surface area (Å²) in [5.41, 5.74) is 0.904. The molecule has 4 aromatic rings. The number of amides is 2. The second-order valence-electron chi connectivity index (χ2n) is 6.53. The van der Waals surface area contributed by atoms with Crippen LogP contribution in [0.4, 0.5) is 11.4 Å². The molecule has 0 saturated carbocycles. The highest BCUT2D eigenvalue weighted by Gasteiger charge is 2.16. The first kappa shape index (κ1) is 19.0. The predicted molar refractivity (Wildman–Crippen MR) is 116 cm³/mol. The van der Waals surface area contributed by atoms with Crippen LogP contribution in [0.1, 0.15) is 0 Å². The minimum Gasteiger partial charge on any atom is -0.507 e. The van der Waals surface area contributed by atoms with Gasteiger partial charge in [-0.05, 0) is 48.5 Å². The molecule has 3 N–H and O–H groups in total. The van der Waals surface area contributed by atoms with Gasteiger partial charge in [-0.2, -0.15) is 0 Å². The van der Waals surface area contributed by atoms with E-state index < -0.39 is 11.8 Å². The molecule has 0 fully saturated rings. The number of phenolic OH excluding ortho intramolecular Hbond substituents is 1. The largest absolute Gasteiger partial charge is 0.507 e. The standard InChI is InChI=1S/C24H18N2O4/c27-22-11-5-8-19-20(22)9-4-10-21(19)26-24(29)23(28)25-16-12-14-18(15-13-16)30-17-6-2-1-3-7-17/h1-15,27H,(H,25,28)(H,26,29). The summed E-state index contributed by atoms with van der Waals surface area (Å²) in [6, 6.07) is 26.1. The van der Waals surface area contributed by atoms with E-state index in [0.717, 1.165) is 0 Å². The zero-order valence-electron chi connectivity index (χ0n) is 15.8. The summed E-state index contributed by atoms with van der Waals surface area (Å²) in [4.78, 5) is 24.6. The van der Waals surface area contributed by atoms with Gasteiger partial charge in [0.15, 0.2) is 0 Å². The minimum atomic E-state index is -0.810. The average molecular weight is 398 g/mol. The highest BCUT2D eigenvalue weighted by atomic mass is 16.5. The molecule has 0 atom stereocenters. The zero-order chi connectivity index (χ0) is 20.9. The van der Waals surface area contributed by atoms with Crippen LogP contribution in [0.5, 0.6) is 17.2 Å². The smallest absolute Gasteiger partial charge is 0.314 e. The van der Waals surface area contributed by atoms with Gasteiger partial charge in [0.25, 0.3) is 0 Å². The van der Waals surface area contributed by atoms with E-state index in [-0.39, 0.29) is 5.75 Å². The Morgan fingerprint density at radius 1 is 0.633 bits per heavy atom. The molecule has 6 nitrogen and oxygen atoms in total. The van der Waals surface area contributed by atoms with Crippen LogP contribution >= 0.6 is 0 Å². The Labute approximate surface area is 172 Å². The molecule has 0 aromatic heterocycles. The summed E-state index contributed by atoms with van der Waals surface area (Å²) < 4.78 is 5.70. The van der Waals surface area contributed by atoms with Gasteiger partial charge >= 0.3 is 11.8 Å². The third-order valence-corrected chi connectivity index (χ3v) is 4.44. The summed E-state index contributed by atoms with van der Waals surface area (Å²) in [5, 5.41) is 16.3. The lowest BCUT2D eigenvalue weighted by Gasteiger charge is -2.10. The number of hydrogen-bond acceptors (Lipinski definition) is 4. The zero-order valence-corrected chi connectivity index (χ0v) is 15.8. The highest BCUT2D eigenvalue weighted by molar-refractivity contribution is 6.44. The van der Waals surface area contributed by atoms with Crippen molar-refractivity contribution in [3.63, 3.8) is 0 Å². The maximum Gasteiger partial charge on any atom is 0.314 e. The second-order valence-corrected chi connectivity index (χ2v) is 6.53. The Kier molecular flexibility index (Phi) is 5.30. The Morgan fingerprint density at radius 2 is 1.27 bits per heavy atom. The molecule has 0 radical (unpaired) electrons. The number of carbonyl (C=O) groups excluding carboxylic acids is 2. The van der Waals surface area contributed by atoms with Crippen LogP contribution in [0.3, 0.4) is 0 Å². The van der Waals surface area contributed by atoms with Crippen molar-refractivity contribution in [2.24, 2.45) is 0 Å². The number of anilines is 2. The quantitative estimate of drug-likeness (QED) is 0.426. The number of nitrogens with one attached hydrogen (secondary N) is 2. The van der Waals surface area contributed by atoms with Crippen LogP contribution in [0, 0.1) is 0 Å². The molecule has 30 heavy (non-hydrogen) atoms. The fourth-order valence-corrected chi connectivity index (χ4v) is 3.00. The second kappa shape index (κ2) is 8.36. The van der Waals surface area contributed by atoms with Crippen LogP contribution in [-0.4, -0.2) is 16.9 Å². The Hall–Kier alpha value is -4.32. The van der Waals surface area contributed by atoms with E-state index in [2.05, 4.69) is 10.6 Å². The molecule has 4 rings (SSSR count). The van der Waals surface area contributed by atoms with Gasteiger partial charge < -0.3 is 20.5 Å². The van der Waals surface area contributed by atoms with Gasteiger partial charge in [0.2, 0.25) is 0 Å². The summed E-state index contributed by atoms with van der Waals surface area (Å²) in [5.74, 6) is -0.195. The number of benzene rings is 4. The van der Waals surface area contributed by atoms with Crippen LogP contribution in [-0.2, 0) is 9.59 Å². The fraction of sp³-hybridized carbons (Fsp3) is 0. The number of rotatable bonds is 4. The van der Waals surface area contributed by atoms with Crippen LogP contribution in [0.2, 0.25) is 0 Å². The Morgan fingerprint density at radius 3 is 2.03 bits per heavy atom. The SMILES string of the molecule is O=C(Nc1ccc(Oc2ccccc2)cc1)C(=O)Nc1cccc2c(O)cccc12. The van der Waals surface area contributed by atoms with E-state index in [4.69, 9.17) is 4.74 Å². The van der Waals surface area contributed by atoms with E-state index >= 15 is 0 Å². The first-order valence-electron chi connectivity index (χ1n) is 9.26. The summed E-state index contributed by atoms with van der Waals surface area (Å²) in [6.07, 6.45) is 0. The van der Waals surface area contributed by atoms with Gasteiger partial charge in [-0.1, -0.05) is 42.5 Å². The first-order valence-corrected chi connectivity index (χ1v) is 9.26. The molecular weight excluding hydrogens is 380 g/mol. The van der Waals surface area contributed by atoms with Crippen LogP contribution < -0.4 is 15.4 Å². The van der Waals surface area contributed by atoms with Gasteiger partial charge in [0.1, 0.15) is 17.2 Å². The lowest BCUT2D eigenvalue weighted by Crippen LogP contribution is -2.29. The van der Waals surface area contributed by atoms with E-state index in [1.807, 2.05) is 30.3 Å². The van der Waals surface area contributed by atoms with E-state index in [0.29, 0.717) is 33.6 Å². The van der Waals surface area contributed by atoms with Crippen LogP contribution in [0.15, 0.2) is 91.0 Å². The summed E-state index contributed by atoms with van der Waals surface area (Å²) >= 11 is 0. The van der Waals surface area contributed by atoms with Crippen LogP contribution in [0.25, 0.3) is 10.8 Å². The molecule has 0 spiro atoms. The molecule has 0 heterocycles. The van der Waals surface area contributed by atoms with Gasteiger partial charge in [-0.25, -0.2) is 0 Å². The summed E-state index contributed by atoms with van der Waals surface area (Å²) in [6.45, 7) is 0. The van der Waals surface area contributed by atoms with Gasteiger partial charge in [0, 0.05) is 22.1 Å². The molecular formula is C24H18N2O4. The van der Waals surface area contributed by atoms with Gasteiger partial charge in [0.05, 0.1) is 0 Å². The number of para-hydroxylation sites is 1. The molecule has 2 amide bonds. The molecule has 0 bridgehead atoms.